The lowest BCUT2D eigenvalue weighted by atomic mass is 10.2. The van der Waals surface area contributed by atoms with Crippen LogP contribution in [0.5, 0.6) is 5.75 Å². The normalized spacial score (nSPS) is 10.6. The Morgan fingerprint density at radius 1 is 1.15 bits per heavy atom. The van der Waals surface area contributed by atoms with Crippen LogP contribution in [0.3, 0.4) is 0 Å². The third kappa shape index (κ3) is 3.76. The molecule has 20 heavy (non-hydrogen) atoms. The van der Waals surface area contributed by atoms with Gasteiger partial charge in [0.25, 0.3) is 0 Å². The molecule has 0 saturated carbocycles. The Labute approximate surface area is 121 Å². The Morgan fingerprint density at radius 3 is 2.20 bits per heavy atom. The number of amides is 1. The van der Waals surface area contributed by atoms with E-state index in [-0.39, 0.29) is 12.1 Å². The molecule has 0 saturated heterocycles. The summed E-state index contributed by atoms with van der Waals surface area (Å²) in [5.74, 6) is 0.921. The zero-order valence-electron chi connectivity index (χ0n) is 12.8. The van der Waals surface area contributed by atoms with Gasteiger partial charge in [0.05, 0.1) is 12.7 Å². The second-order valence-electron chi connectivity index (χ2n) is 5.09. The summed E-state index contributed by atoms with van der Waals surface area (Å²) in [5, 5.41) is 0. The van der Waals surface area contributed by atoms with Crippen molar-refractivity contribution in [1.29, 1.82) is 0 Å². The minimum atomic E-state index is -0.397. The van der Waals surface area contributed by atoms with Crippen molar-refractivity contribution < 1.29 is 14.3 Å². The van der Waals surface area contributed by atoms with Gasteiger partial charge < -0.3 is 14.4 Å². The predicted molar refractivity (Wildman–Crippen MR) is 80.6 cm³/mol. The first-order valence-electron chi connectivity index (χ1n) is 6.71. The van der Waals surface area contributed by atoms with Gasteiger partial charge in [0, 0.05) is 12.1 Å². The average molecular weight is 277 g/mol. The van der Waals surface area contributed by atoms with Crippen molar-refractivity contribution >= 4 is 11.9 Å². The molecule has 0 N–H and O–H groups in total. The Hall–Kier alpha value is -1.97. The largest absolute Gasteiger partial charge is 0.496 e. The highest BCUT2D eigenvalue weighted by Crippen LogP contribution is 2.26. The number of ether oxygens (including phenoxy) is 2. The number of benzene rings is 1. The molecule has 0 spiro atoms. The fourth-order valence-corrected chi connectivity index (χ4v) is 2.11. The molecule has 0 fully saturated rings. The van der Waals surface area contributed by atoms with E-state index in [1.807, 2.05) is 45.9 Å². The van der Waals surface area contributed by atoms with Crippen LogP contribution in [0.15, 0.2) is 30.8 Å². The van der Waals surface area contributed by atoms with E-state index in [1.165, 1.54) is 0 Å². The molecule has 0 atom stereocenters. The molecular formula is C16H23NO3. The van der Waals surface area contributed by atoms with Gasteiger partial charge in [-0.05, 0) is 39.8 Å². The molecule has 0 aromatic heterocycles. The molecule has 0 radical (unpaired) electrons. The number of nitrogens with zero attached hydrogens (tertiary/aromatic N) is 1. The van der Waals surface area contributed by atoms with E-state index in [2.05, 4.69) is 6.58 Å². The second kappa shape index (κ2) is 6.98. The quantitative estimate of drug-likeness (QED) is 0.766. The van der Waals surface area contributed by atoms with Crippen molar-refractivity contribution in [3.63, 3.8) is 0 Å². The molecule has 110 valence electrons. The monoisotopic (exact) mass is 277 g/mol. The number of hydrogen-bond donors (Lipinski definition) is 0. The molecule has 0 aliphatic rings. The van der Waals surface area contributed by atoms with Crippen LogP contribution >= 0.6 is 0 Å². The Morgan fingerprint density at radius 2 is 1.70 bits per heavy atom. The van der Waals surface area contributed by atoms with E-state index in [0.29, 0.717) is 17.1 Å². The van der Waals surface area contributed by atoms with Crippen LogP contribution in [0.1, 0.15) is 33.3 Å². The summed E-state index contributed by atoms with van der Waals surface area (Å²) in [6.07, 6.45) is -0.397. The average Bonchev–Trinajstić information content (AvgIpc) is 2.37. The maximum Gasteiger partial charge on any atom is 0.415 e. The Kier molecular flexibility index (Phi) is 5.62. The number of methoxy groups -OCH3 is 1. The summed E-state index contributed by atoms with van der Waals surface area (Å²) < 4.78 is 10.6. The molecule has 0 heterocycles. The van der Waals surface area contributed by atoms with E-state index in [0.717, 1.165) is 0 Å². The second-order valence-corrected chi connectivity index (χ2v) is 5.09. The summed E-state index contributed by atoms with van der Waals surface area (Å²) in [6, 6.07) is 7.44. The van der Waals surface area contributed by atoms with Gasteiger partial charge >= 0.3 is 6.09 Å². The van der Waals surface area contributed by atoms with Crippen molar-refractivity contribution in [3.8, 4) is 5.75 Å². The van der Waals surface area contributed by atoms with Crippen molar-refractivity contribution in [3.05, 3.63) is 36.4 Å². The summed E-state index contributed by atoms with van der Waals surface area (Å²) in [6.45, 7) is 11.6. The van der Waals surface area contributed by atoms with Crippen LogP contribution in [0.2, 0.25) is 0 Å². The predicted octanol–water partition coefficient (Wildman–Crippen LogP) is 3.92. The van der Waals surface area contributed by atoms with Gasteiger partial charge in [-0.3, -0.25) is 0 Å². The number of carbonyl (C=O) groups is 1. The van der Waals surface area contributed by atoms with Crippen molar-refractivity contribution in [2.45, 2.75) is 39.8 Å². The molecular weight excluding hydrogens is 254 g/mol. The minimum absolute atomic E-state index is 0.0629. The minimum Gasteiger partial charge on any atom is -0.496 e. The van der Waals surface area contributed by atoms with E-state index >= 15 is 0 Å². The number of rotatable bonds is 5. The molecule has 1 rings (SSSR count). The highest BCUT2D eigenvalue weighted by atomic mass is 16.6. The van der Waals surface area contributed by atoms with E-state index in [1.54, 1.807) is 18.1 Å². The van der Waals surface area contributed by atoms with Crippen LogP contribution < -0.4 is 4.74 Å². The summed E-state index contributed by atoms with van der Waals surface area (Å²) >= 11 is 0. The van der Waals surface area contributed by atoms with Crippen LogP contribution in [0.25, 0.3) is 5.76 Å². The zero-order valence-corrected chi connectivity index (χ0v) is 12.8. The topological polar surface area (TPSA) is 38.8 Å². The molecule has 1 amide bonds. The van der Waals surface area contributed by atoms with Crippen LogP contribution in [0.4, 0.5) is 4.79 Å². The third-order valence-electron chi connectivity index (χ3n) is 2.94. The maximum absolute atomic E-state index is 12.2. The first-order valence-corrected chi connectivity index (χ1v) is 6.71. The highest BCUT2D eigenvalue weighted by Gasteiger charge is 2.23. The Bertz CT molecular complexity index is 472. The molecule has 4 nitrogen and oxygen atoms in total. The van der Waals surface area contributed by atoms with E-state index < -0.39 is 6.09 Å². The third-order valence-corrected chi connectivity index (χ3v) is 2.94. The first-order chi connectivity index (χ1) is 9.38. The van der Waals surface area contributed by atoms with Gasteiger partial charge in [0.15, 0.2) is 0 Å². The highest BCUT2D eigenvalue weighted by molar-refractivity contribution is 5.78. The SMILES string of the molecule is C=C(OC(=O)N(C(C)C)C(C)C)c1ccccc1OC. The lowest BCUT2D eigenvalue weighted by Crippen LogP contribution is -2.42. The van der Waals surface area contributed by atoms with Gasteiger partial charge in [0.2, 0.25) is 0 Å². The molecule has 0 bridgehead atoms. The standard InChI is InChI=1S/C16H23NO3/c1-11(2)17(12(3)4)16(18)20-13(5)14-9-7-8-10-15(14)19-6/h7-12H,5H2,1-4,6H3. The molecule has 1 aromatic carbocycles. The lowest BCUT2D eigenvalue weighted by Gasteiger charge is -2.29. The van der Waals surface area contributed by atoms with Crippen LogP contribution in [0, 0.1) is 0 Å². The summed E-state index contributed by atoms with van der Waals surface area (Å²) in [5.41, 5.74) is 0.677. The number of hydrogen-bond acceptors (Lipinski definition) is 3. The van der Waals surface area contributed by atoms with Gasteiger partial charge in [0.1, 0.15) is 11.5 Å². The Balaban J connectivity index is 2.87. The molecule has 0 aliphatic carbocycles. The number of carbonyl (C=O) groups excluding carboxylic acids is 1. The molecule has 0 aliphatic heterocycles. The zero-order chi connectivity index (χ0) is 15.3. The fourth-order valence-electron chi connectivity index (χ4n) is 2.11. The van der Waals surface area contributed by atoms with Crippen LogP contribution in [-0.2, 0) is 4.74 Å². The maximum atomic E-state index is 12.2. The summed E-state index contributed by atoms with van der Waals surface area (Å²) in [4.78, 5) is 13.9. The van der Waals surface area contributed by atoms with Crippen LogP contribution in [-0.4, -0.2) is 30.2 Å². The molecule has 4 heteroatoms. The van der Waals surface area contributed by atoms with Gasteiger partial charge in [-0.1, -0.05) is 18.7 Å². The summed E-state index contributed by atoms with van der Waals surface area (Å²) in [7, 11) is 1.57. The van der Waals surface area contributed by atoms with Gasteiger partial charge in [-0.15, -0.1) is 0 Å². The first kappa shape index (κ1) is 16.1. The van der Waals surface area contributed by atoms with Crippen molar-refractivity contribution in [2.75, 3.05) is 7.11 Å². The lowest BCUT2D eigenvalue weighted by molar-refractivity contribution is 0.115. The molecule has 0 unspecified atom stereocenters. The molecule has 1 aromatic rings. The van der Waals surface area contributed by atoms with Crippen molar-refractivity contribution in [1.82, 2.24) is 4.90 Å². The van der Waals surface area contributed by atoms with E-state index in [9.17, 15) is 4.79 Å². The fraction of sp³-hybridized carbons (Fsp3) is 0.438. The van der Waals surface area contributed by atoms with Gasteiger partial charge in [-0.25, -0.2) is 4.79 Å². The number of para-hydroxylation sites is 1. The smallest absolute Gasteiger partial charge is 0.415 e. The van der Waals surface area contributed by atoms with Gasteiger partial charge in [-0.2, -0.15) is 0 Å². The van der Waals surface area contributed by atoms with E-state index in [4.69, 9.17) is 9.47 Å². The van der Waals surface area contributed by atoms with Crippen molar-refractivity contribution in [2.24, 2.45) is 0 Å².